The number of aliphatic hydroxyl groups excluding tert-OH is 1. The predicted octanol–water partition coefficient (Wildman–Crippen LogP) is 2.09. The van der Waals surface area contributed by atoms with Crippen molar-refractivity contribution in [1.82, 2.24) is 9.88 Å². The molecule has 0 saturated carbocycles. The Balaban J connectivity index is 2.33. The number of amides is 1. The molecule has 18 heavy (non-hydrogen) atoms. The van der Waals surface area contributed by atoms with Crippen LogP contribution in [0.3, 0.4) is 0 Å². The van der Waals surface area contributed by atoms with Crippen LogP contribution < -0.4 is 0 Å². The number of nitrogens with zero attached hydrogens (tertiary/aromatic N) is 2. The van der Waals surface area contributed by atoms with Gasteiger partial charge in [-0.05, 0) is 32.3 Å². The van der Waals surface area contributed by atoms with E-state index in [4.69, 9.17) is 5.11 Å². The maximum atomic E-state index is 11.8. The first-order valence-electron chi connectivity index (χ1n) is 6.09. The maximum absolute atomic E-state index is 11.8. The van der Waals surface area contributed by atoms with Gasteiger partial charge in [-0.25, -0.2) is 4.98 Å². The highest BCUT2D eigenvalue weighted by atomic mass is 32.1. The van der Waals surface area contributed by atoms with Crippen LogP contribution in [0.4, 0.5) is 0 Å². The Bertz CT molecular complexity index is 401. The number of carbonyl (C=O) groups is 1. The first-order valence-corrected chi connectivity index (χ1v) is 6.97. The fraction of sp³-hybridized carbons (Fsp3) is 0.538. The van der Waals surface area contributed by atoms with Gasteiger partial charge in [-0.15, -0.1) is 11.3 Å². The van der Waals surface area contributed by atoms with Crippen molar-refractivity contribution in [1.29, 1.82) is 0 Å². The third-order valence-electron chi connectivity index (χ3n) is 2.56. The molecule has 1 amide bonds. The Labute approximate surface area is 112 Å². The standard InChI is InChI=1S/C13H20N2O2S/c1-11-14-12(10-18-11)6-7-13(17)15(2)8-4-3-5-9-16/h6-7,10,16H,3-5,8-9H2,1-2H3/b7-6+. The molecular weight excluding hydrogens is 248 g/mol. The van der Waals surface area contributed by atoms with Crippen LogP contribution in [0.1, 0.15) is 30.0 Å². The molecule has 0 aromatic carbocycles. The molecule has 0 aliphatic heterocycles. The molecule has 1 aromatic heterocycles. The quantitative estimate of drug-likeness (QED) is 0.608. The first-order chi connectivity index (χ1) is 8.63. The van der Waals surface area contributed by atoms with Crippen molar-refractivity contribution < 1.29 is 9.90 Å². The minimum absolute atomic E-state index is 0.00958. The van der Waals surface area contributed by atoms with E-state index in [9.17, 15) is 4.79 Å². The number of thiazole rings is 1. The summed E-state index contributed by atoms with van der Waals surface area (Å²) in [6, 6.07) is 0. The van der Waals surface area contributed by atoms with Gasteiger partial charge in [0.1, 0.15) is 0 Å². The molecule has 4 nitrogen and oxygen atoms in total. The van der Waals surface area contributed by atoms with E-state index in [1.54, 1.807) is 35.4 Å². The summed E-state index contributed by atoms with van der Waals surface area (Å²) in [5, 5.41) is 11.6. The summed E-state index contributed by atoms with van der Waals surface area (Å²) in [6.07, 6.45) is 5.97. The van der Waals surface area contributed by atoms with E-state index in [0.29, 0.717) is 0 Å². The molecule has 0 bridgehead atoms. The number of hydrogen-bond acceptors (Lipinski definition) is 4. The zero-order chi connectivity index (χ0) is 13.4. The fourth-order valence-corrected chi connectivity index (χ4v) is 2.07. The molecular formula is C13H20N2O2S. The molecule has 0 radical (unpaired) electrons. The molecule has 0 unspecified atom stereocenters. The predicted molar refractivity (Wildman–Crippen MR) is 74.5 cm³/mol. The van der Waals surface area contributed by atoms with Gasteiger partial charge in [0.2, 0.25) is 5.91 Å². The lowest BCUT2D eigenvalue weighted by Crippen LogP contribution is -2.25. The van der Waals surface area contributed by atoms with Crippen LogP contribution >= 0.6 is 11.3 Å². The van der Waals surface area contributed by atoms with Crippen LogP contribution in [0.5, 0.6) is 0 Å². The summed E-state index contributed by atoms with van der Waals surface area (Å²) in [5.41, 5.74) is 0.833. The minimum Gasteiger partial charge on any atom is -0.396 e. The molecule has 0 aliphatic carbocycles. The Morgan fingerprint density at radius 3 is 2.89 bits per heavy atom. The molecule has 1 heterocycles. The molecule has 1 rings (SSSR count). The zero-order valence-corrected chi connectivity index (χ0v) is 11.7. The highest BCUT2D eigenvalue weighted by Crippen LogP contribution is 2.09. The van der Waals surface area contributed by atoms with Crippen molar-refractivity contribution in [3.05, 3.63) is 22.2 Å². The summed E-state index contributed by atoms with van der Waals surface area (Å²) in [6.45, 7) is 2.89. The number of aromatic nitrogens is 1. The Hall–Kier alpha value is -1.20. The summed E-state index contributed by atoms with van der Waals surface area (Å²) in [7, 11) is 1.79. The molecule has 100 valence electrons. The summed E-state index contributed by atoms with van der Waals surface area (Å²) in [4.78, 5) is 17.7. The molecule has 0 atom stereocenters. The second-order valence-corrected chi connectivity index (χ2v) is 5.23. The van der Waals surface area contributed by atoms with Crippen LogP contribution in [0, 0.1) is 6.92 Å². The molecule has 5 heteroatoms. The zero-order valence-electron chi connectivity index (χ0n) is 10.9. The molecule has 0 spiro atoms. The number of hydrogen-bond donors (Lipinski definition) is 1. The first kappa shape index (κ1) is 14.9. The lowest BCUT2D eigenvalue weighted by atomic mass is 10.2. The van der Waals surface area contributed by atoms with Crippen molar-refractivity contribution >= 4 is 23.3 Å². The number of aryl methyl sites for hydroxylation is 1. The van der Waals surface area contributed by atoms with E-state index in [1.807, 2.05) is 12.3 Å². The van der Waals surface area contributed by atoms with E-state index in [2.05, 4.69) is 4.98 Å². The second kappa shape index (κ2) is 8.00. The Morgan fingerprint density at radius 1 is 1.50 bits per heavy atom. The van der Waals surface area contributed by atoms with Crippen LogP contribution in [0.15, 0.2) is 11.5 Å². The lowest BCUT2D eigenvalue weighted by Gasteiger charge is -2.14. The lowest BCUT2D eigenvalue weighted by molar-refractivity contribution is -0.124. The minimum atomic E-state index is -0.00958. The molecule has 0 saturated heterocycles. The van der Waals surface area contributed by atoms with Crippen molar-refractivity contribution in [3.63, 3.8) is 0 Å². The second-order valence-electron chi connectivity index (χ2n) is 4.17. The highest BCUT2D eigenvalue weighted by Gasteiger charge is 2.04. The molecule has 0 aliphatic rings. The average Bonchev–Trinajstić information content (AvgIpc) is 2.77. The van der Waals surface area contributed by atoms with E-state index in [1.165, 1.54) is 0 Å². The van der Waals surface area contributed by atoms with E-state index in [0.717, 1.165) is 36.5 Å². The van der Waals surface area contributed by atoms with Gasteiger partial charge in [-0.2, -0.15) is 0 Å². The highest BCUT2D eigenvalue weighted by molar-refractivity contribution is 7.09. The molecule has 1 aromatic rings. The third kappa shape index (κ3) is 5.42. The van der Waals surface area contributed by atoms with Crippen LogP contribution in [0.2, 0.25) is 0 Å². The maximum Gasteiger partial charge on any atom is 0.246 e. The Kier molecular flexibility index (Phi) is 6.60. The summed E-state index contributed by atoms with van der Waals surface area (Å²) >= 11 is 1.57. The van der Waals surface area contributed by atoms with Crippen LogP contribution in [-0.2, 0) is 4.79 Å². The van der Waals surface area contributed by atoms with E-state index in [-0.39, 0.29) is 12.5 Å². The average molecular weight is 268 g/mol. The van der Waals surface area contributed by atoms with Crippen molar-refractivity contribution in [3.8, 4) is 0 Å². The topological polar surface area (TPSA) is 53.4 Å². The third-order valence-corrected chi connectivity index (χ3v) is 3.35. The van der Waals surface area contributed by atoms with Gasteiger partial charge in [-0.3, -0.25) is 4.79 Å². The summed E-state index contributed by atoms with van der Waals surface area (Å²) in [5.74, 6) is -0.00958. The van der Waals surface area contributed by atoms with Gasteiger partial charge in [0.05, 0.1) is 10.7 Å². The van der Waals surface area contributed by atoms with Gasteiger partial charge in [-0.1, -0.05) is 0 Å². The number of unbranched alkanes of at least 4 members (excludes halogenated alkanes) is 2. The van der Waals surface area contributed by atoms with Crippen LogP contribution in [-0.4, -0.2) is 41.1 Å². The monoisotopic (exact) mass is 268 g/mol. The number of carbonyl (C=O) groups excluding carboxylic acids is 1. The summed E-state index contributed by atoms with van der Waals surface area (Å²) < 4.78 is 0. The molecule has 1 N–H and O–H groups in total. The van der Waals surface area contributed by atoms with Crippen molar-refractivity contribution in [2.24, 2.45) is 0 Å². The Morgan fingerprint density at radius 2 is 2.28 bits per heavy atom. The SMILES string of the molecule is Cc1nc(/C=C/C(=O)N(C)CCCCCO)cs1. The van der Waals surface area contributed by atoms with Gasteiger partial charge >= 0.3 is 0 Å². The van der Waals surface area contributed by atoms with Crippen molar-refractivity contribution in [2.75, 3.05) is 20.2 Å². The van der Waals surface area contributed by atoms with Gasteiger partial charge in [0, 0.05) is 31.7 Å². The largest absolute Gasteiger partial charge is 0.396 e. The van der Waals surface area contributed by atoms with Gasteiger partial charge < -0.3 is 10.0 Å². The number of aliphatic hydroxyl groups is 1. The number of likely N-dealkylation sites (N-methyl/N-ethyl adjacent to an activating group) is 1. The van der Waals surface area contributed by atoms with E-state index >= 15 is 0 Å². The van der Waals surface area contributed by atoms with Crippen LogP contribution in [0.25, 0.3) is 6.08 Å². The number of rotatable bonds is 7. The van der Waals surface area contributed by atoms with Crippen molar-refractivity contribution in [2.45, 2.75) is 26.2 Å². The fourth-order valence-electron chi connectivity index (χ4n) is 1.49. The normalized spacial score (nSPS) is 11.1. The smallest absolute Gasteiger partial charge is 0.246 e. The van der Waals surface area contributed by atoms with E-state index < -0.39 is 0 Å². The van der Waals surface area contributed by atoms with Gasteiger partial charge in [0.15, 0.2) is 0 Å². The molecule has 0 fully saturated rings. The van der Waals surface area contributed by atoms with Gasteiger partial charge in [0.25, 0.3) is 0 Å².